The quantitative estimate of drug-likeness (QED) is 0.501. The van der Waals surface area contributed by atoms with Crippen LogP contribution < -0.4 is 10.6 Å². The number of carbonyl (C=O) groups is 3. The third-order valence-corrected chi connectivity index (χ3v) is 5.57. The van der Waals surface area contributed by atoms with E-state index in [-0.39, 0.29) is 25.4 Å². The number of fused-ring (bicyclic) bond motifs is 3. The van der Waals surface area contributed by atoms with E-state index < -0.39 is 42.7 Å². The molecule has 0 aliphatic heterocycles. The van der Waals surface area contributed by atoms with Crippen LogP contribution in [0.3, 0.4) is 0 Å². The van der Waals surface area contributed by atoms with Crippen LogP contribution in [0.15, 0.2) is 48.5 Å². The Morgan fingerprint density at radius 3 is 2.09 bits per heavy atom. The van der Waals surface area contributed by atoms with Gasteiger partial charge in [0.15, 0.2) is 0 Å². The molecule has 1 aliphatic carbocycles. The van der Waals surface area contributed by atoms with E-state index >= 15 is 0 Å². The van der Waals surface area contributed by atoms with E-state index in [0.29, 0.717) is 0 Å². The second-order valence-corrected chi connectivity index (χ2v) is 8.18. The highest BCUT2D eigenvalue weighted by molar-refractivity contribution is 5.86. The highest BCUT2D eigenvalue weighted by Gasteiger charge is 2.37. The van der Waals surface area contributed by atoms with Crippen LogP contribution in [0, 0.1) is 0 Å². The molecule has 2 atom stereocenters. The minimum atomic E-state index is -4.72. The van der Waals surface area contributed by atoms with E-state index in [4.69, 9.17) is 9.84 Å². The van der Waals surface area contributed by atoms with Crippen molar-refractivity contribution in [1.29, 1.82) is 0 Å². The van der Waals surface area contributed by atoms with Crippen molar-refractivity contribution in [3.8, 4) is 11.1 Å². The Hall–Kier alpha value is -3.56. The van der Waals surface area contributed by atoms with Gasteiger partial charge in [-0.3, -0.25) is 9.59 Å². The lowest BCUT2D eigenvalue weighted by Crippen LogP contribution is -2.51. The molecule has 10 heteroatoms. The third kappa shape index (κ3) is 6.49. The predicted molar refractivity (Wildman–Crippen MR) is 117 cm³/mol. The Balaban J connectivity index is 1.64. The maximum Gasteiger partial charge on any atom is 0.407 e. The number of hydrogen-bond acceptors (Lipinski definition) is 4. The number of alkyl halides is 3. The number of hydrogen-bond donors (Lipinski definition) is 3. The number of nitrogens with one attached hydrogen (secondary N) is 2. The van der Waals surface area contributed by atoms with E-state index in [0.717, 1.165) is 22.3 Å². The van der Waals surface area contributed by atoms with Crippen molar-refractivity contribution in [2.24, 2.45) is 0 Å². The molecule has 2 aromatic rings. The highest BCUT2D eigenvalue weighted by Crippen LogP contribution is 2.44. The number of aliphatic carboxylic acids is 1. The summed E-state index contributed by atoms with van der Waals surface area (Å²) in [5.41, 5.74) is 3.87. The lowest BCUT2D eigenvalue weighted by Gasteiger charge is -2.22. The summed E-state index contributed by atoms with van der Waals surface area (Å²) in [6, 6.07) is 12.6. The molecule has 3 N–H and O–H groups in total. The second kappa shape index (κ2) is 10.6. The van der Waals surface area contributed by atoms with Gasteiger partial charge in [-0.05, 0) is 35.6 Å². The van der Waals surface area contributed by atoms with Gasteiger partial charge in [0, 0.05) is 18.4 Å². The molecular weight excluding hydrogens is 453 g/mol. The van der Waals surface area contributed by atoms with Crippen molar-refractivity contribution >= 4 is 18.0 Å². The average Bonchev–Trinajstić information content (AvgIpc) is 3.08. The Morgan fingerprint density at radius 1 is 1.00 bits per heavy atom. The first-order valence-corrected chi connectivity index (χ1v) is 10.8. The van der Waals surface area contributed by atoms with E-state index in [2.05, 4.69) is 5.32 Å². The van der Waals surface area contributed by atoms with Gasteiger partial charge in [0.05, 0.1) is 6.42 Å². The Kier molecular flexibility index (Phi) is 7.80. The van der Waals surface area contributed by atoms with E-state index in [9.17, 15) is 27.6 Å². The molecule has 3 rings (SSSR count). The van der Waals surface area contributed by atoms with Gasteiger partial charge in [-0.25, -0.2) is 4.79 Å². The van der Waals surface area contributed by atoms with Crippen molar-refractivity contribution < 1.29 is 37.4 Å². The summed E-state index contributed by atoms with van der Waals surface area (Å²) in [6.07, 6.45) is -7.68. The summed E-state index contributed by atoms with van der Waals surface area (Å²) in [5, 5.41) is 13.0. The van der Waals surface area contributed by atoms with Crippen molar-refractivity contribution in [3.05, 3.63) is 59.7 Å². The van der Waals surface area contributed by atoms with Crippen LogP contribution in [0.4, 0.5) is 18.0 Å². The fraction of sp³-hybridized carbons (Fsp3) is 0.375. The summed E-state index contributed by atoms with van der Waals surface area (Å²) in [4.78, 5) is 35.4. The SMILES string of the molecule is CC(CCC(=O)O)NC(=O)C(CC(F)(F)F)NC(=O)OCC1c2ccccc2-c2ccccc21. The van der Waals surface area contributed by atoms with Crippen molar-refractivity contribution in [1.82, 2.24) is 10.6 Å². The molecule has 0 fully saturated rings. The van der Waals surface area contributed by atoms with Crippen LogP contribution in [0.25, 0.3) is 11.1 Å². The number of carboxylic acid groups (broad SMARTS) is 1. The first-order valence-electron chi connectivity index (χ1n) is 10.8. The number of ether oxygens (including phenoxy) is 1. The van der Waals surface area contributed by atoms with Gasteiger partial charge < -0.3 is 20.5 Å². The van der Waals surface area contributed by atoms with Crippen molar-refractivity contribution in [2.45, 2.75) is 50.4 Å². The molecule has 2 amide bonds. The predicted octanol–water partition coefficient (Wildman–Crippen LogP) is 4.22. The molecule has 34 heavy (non-hydrogen) atoms. The average molecular weight is 478 g/mol. The van der Waals surface area contributed by atoms with Gasteiger partial charge in [0.25, 0.3) is 0 Å². The smallest absolute Gasteiger partial charge is 0.407 e. The third-order valence-electron chi connectivity index (χ3n) is 5.57. The van der Waals surface area contributed by atoms with Crippen molar-refractivity contribution in [2.75, 3.05) is 6.61 Å². The number of carboxylic acids is 1. The van der Waals surface area contributed by atoms with Crippen molar-refractivity contribution in [3.63, 3.8) is 0 Å². The number of carbonyl (C=O) groups excluding carboxylic acids is 2. The topological polar surface area (TPSA) is 105 Å². The maximum absolute atomic E-state index is 13.0. The minimum Gasteiger partial charge on any atom is -0.481 e. The number of amides is 2. The summed E-state index contributed by atoms with van der Waals surface area (Å²) in [7, 11) is 0. The first-order chi connectivity index (χ1) is 16.0. The lowest BCUT2D eigenvalue weighted by atomic mass is 9.98. The van der Waals surface area contributed by atoms with Gasteiger partial charge in [-0.1, -0.05) is 48.5 Å². The molecule has 0 aromatic heterocycles. The molecule has 0 saturated carbocycles. The minimum absolute atomic E-state index is 0.0325. The number of halogens is 3. The summed E-state index contributed by atoms with van der Waals surface area (Å²) in [6.45, 7) is 1.36. The lowest BCUT2D eigenvalue weighted by molar-refractivity contribution is -0.149. The molecule has 0 spiro atoms. The molecule has 2 aromatic carbocycles. The fourth-order valence-corrected chi connectivity index (χ4v) is 3.98. The molecular formula is C24H25F3N2O5. The van der Waals surface area contributed by atoms with Gasteiger partial charge in [0.2, 0.25) is 5.91 Å². The Morgan fingerprint density at radius 2 is 1.56 bits per heavy atom. The molecule has 0 heterocycles. The number of alkyl carbamates (subject to hydrolysis) is 1. The van der Waals surface area contributed by atoms with E-state index in [1.807, 2.05) is 53.8 Å². The maximum atomic E-state index is 13.0. The van der Waals surface area contributed by atoms with Crippen LogP contribution in [-0.2, 0) is 14.3 Å². The zero-order valence-electron chi connectivity index (χ0n) is 18.4. The van der Waals surface area contributed by atoms with Gasteiger partial charge in [-0.15, -0.1) is 0 Å². The van der Waals surface area contributed by atoms with Gasteiger partial charge in [0.1, 0.15) is 12.6 Å². The molecule has 0 bridgehead atoms. The van der Waals surface area contributed by atoms with E-state index in [1.54, 1.807) is 0 Å². The van der Waals surface area contributed by atoms with Crippen LogP contribution >= 0.6 is 0 Å². The summed E-state index contributed by atoms with van der Waals surface area (Å²) < 4.78 is 44.3. The Bertz CT molecular complexity index is 1010. The monoisotopic (exact) mass is 478 g/mol. The normalized spacial score (nSPS) is 14.5. The van der Waals surface area contributed by atoms with Gasteiger partial charge in [-0.2, -0.15) is 13.2 Å². The standard InChI is InChI=1S/C24H25F3N2O5/c1-14(10-11-21(30)31)28-22(32)20(12-24(25,26)27)29-23(33)34-13-19-17-8-4-2-6-15(17)16-7-3-5-9-18(16)19/h2-9,14,19-20H,10-13H2,1H3,(H,28,32)(H,29,33)(H,30,31). The molecule has 7 nitrogen and oxygen atoms in total. The van der Waals surface area contributed by atoms with Crippen LogP contribution in [0.1, 0.15) is 43.2 Å². The molecule has 0 radical (unpaired) electrons. The molecule has 0 saturated heterocycles. The van der Waals surface area contributed by atoms with Crippen LogP contribution in [0.2, 0.25) is 0 Å². The number of benzene rings is 2. The second-order valence-electron chi connectivity index (χ2n) is 8.18. The first kappa shape index (κ1) is 25.1. The molecule has 182 valence electrons. The summed E-state index contributed by atoms with van der Waals surface area (Å²) in [5.74, 6) is -2.45. The van der Waals surface area contributed by atoms with Crippen LogP contribution in [-0.4, -0.2) is 47.9 Å². The largest absolute Gasteiger partial charge is 0.481 e. The zero-order chi connectivity index (χ0) is 24.9. The molecule has 1 aliphatic rings. The highest BCUT2D eigenvalue weighted by atomic mass is 19.4. The van der Waals surface area contributed by atoms with E-state index in [1.165, 1.54) is 6.92 Å². The zero-order valence-corrected chi connectivity index (χ0v) is 18.4. The van der Waals surface area contributed by atoms with Gasteiger partial charge >= 0.3 is 18.2 Å². The van der Waals surface area contributed by atoms with Crippen LogP contribution in [0.5, 0.6) is 0 Å². The Labute approximate surface area is 194 Å². The summed E-state index contributed by atoms with van der Waals surface area (Å²) >= 11 is 0. The molecule has 2 unspecified atom stereocenters. The number of rotatable bonds is 9. The fourth-order valence-electron chi connectivity index (χ4n) is 3.98.